The highest BCUT2D eigenvalue weighted by Crippen LogP contribution is 2.15. The number of carbonyl (C=O) groups is 1. The first-order chi connectivity index (χ1) is 10.6. The lowest BCUT2D eigenvalue weighted by molar-refractivity contribution is 0.0231. The van der Waals surface area contributed by atoms with Crippen LogP contribution in [0.3, 0.4) is 0 Å². The van der Waals surface area contributed by atoms with Gasteiger partial charge in [-0.3, -0.25) is 4.99 Å². The van der Waals surface area contributed by atoms with E-state index in [2.05, 4.69) is 16.8 Å². The molecule has 1 rings (SSSR count). The van der Waals surface area contributed by atoms with E-state index in [0.717, 1.165) is 19.5 Å². The lowest BCUT2D eigenvalue weighted by Gasteiger charge is -2.32. The van der Waals surface area contributed by atoms with Crippen molar-refractivity contribution >= 4 is 36.0 Å². The number of aliphatic imine (C=N–C) groups is 1. The maximum absolute atomic E-state index is 12.0. The van der Waals surface area contributed by atoms with Gasteiger partial charge in [-0.05, 0) is 52.9 Å². The molecule has 0 radical (unpaired) electrons. The van der Waals surface area contributed by atoms with Crippen LogP contribution in [-0.2, 0) is 4.74 Å². The van der Waals surface area contributed by atoms with Crippen molar-refractivity contribution in [2.75, 3.05) is 26.7 Å². The monoisotopic (exact) mass is 454 g/mol. The first kappa shape index (κ1) is 23.3. The van der Waals surface area contributed by atoms with E-state index in [1.54, 1.807) is 11.9 Å². The predicted molar refractivity (Wildman–Crippen MR) is 110 cm³/mol. The lowest BCUT2D eigenvalue weighted by Crippen LogP contribution is -2.43. The fourth-order valence-corrected chi connectivity index (χ4v) is 2.57. The second kappa shape index (κ2) is 10.3. The highest BCUT2D eigenvalue weighted by atomic mass is 127. The zero-order valence-electron chi connectivity index (χ0n) is 16.0. The summed E-state index contributed by atoms with van der Waals surface area (Å²) in [6, 6.07) is 0.0571. The summed E-state index contributed by atoms with van der Waals surface area (Å²) in [6.07, 6.45) is 2.91. The molecule has 1 fully saturated rings. The van der Waals surface area contributed by atoms with Crippen LogP contribution >= 0.6 is 24.0 Å². The summed E-state index contributed by atoms with van der Waals surface area (Å²) in [4.78, 5) is 20.3. The summed E-state index contributed by atoms with van der Waals surface area (Å²) in [5.41, 5.74) is 5.61. The molecule has 0 bridgehead atoms. The minimum absolute atomic E-state index is 0. The van der Waals surface area contributed by atoms with Gasteiger partial charge in [0, 0.05) is 32.7 Å². The molecule has 0 saturated carbocycles. The molecule has 7 heteroatoms. The number of likely N-dealkylation sites (tertiary alicyclic amines) is 1. The summed E-state index contributed by atoms with van der Waals surface area (Å²) in [6.45, 7) is 12.5. The number of piperidine rings is 1. The molecule has 142 valence electrons. The maximum Gasteiger partial charge on any atom is 0.410 e. The van der Waals surface area contributed by atoms with Gasteiger partial charge in [0.2, 0.25) is 0 Å². The van der Waals surface area contributed by atoms with Crippen molar-refractivity contribution in [2.24, 2.45) is 16.6 Å². The van der Waals surface area contributed by atoms with Gasteiger partial charge in [-0.15, -0.1) is 24.0 Å². The molecule has 1 heterocycles. The Morgan fingerprint density at radius 3 is 2.62 bits per heavy atom. The minimum atomic E-state index is -0.474. The molecule has 2 atom stereocenters. The summed E-state index contributed by atoms with van der Waals surface area (Å²) in [5.74, 6) is 1.30. The Balaban J connectivity index is 0.00000529. The molecule has 1 amide bonds. The zero-order valence-corrected chi connectivity index (χ0v) is 18.4. The molecule has 0 spiro atoms. The Bertz CT molecular complexity index is 423. The second-order valence-corrected chi connectivity index (χ2v) is 7.66. The maximum atomic E-state index is 12.0. The van der Waals surface area contributed by atoms with Crippen molar-refractivity contribution in [3.63, 3.8) is 0 Å². The molecular formula is C17H35IN4O2. The van der Waals surface area contributed by atoms with E-state index in [-0.39, 0.29) is 36.1 Å². The predicted octanol–water partition coefficient (Wildman–Crippen LogP) is 3.30. The van der Waals surface area contributed by atoms with Gasteiger partial charge in [0.15, 0.2) is 5.96 Å². The Kier molecular flexibility index (Phi) is 9.99. The highest BCUT2D eigenvalue weighted by Gasteiger charge is 2.23. The average Bonchev–Trinajstić information content (AvgIpc) is 2.44. The molecule has 1 aliphatic heterocycles. The minimum Gasteiger partial charge on any atom is -0.444 e. The normalized spacial score (nSPS) is 20.2. The van der Waals surface area contributed by atoms with E-state index < -0.39 is 5.60 Å². The SMILES string of the molecule is CC1CCCN(C(N)=NCCC(C)N(C)C(=O)OC(C)(C)C)C1.I. The van der Waals surface area contributed by atoms with Gasteiger partial charge in [0.1, 0.15) is 5.60 Å². The number of nitrogens with two attached hydrogens (primary N) is 1. The number of halogens is 1. The van der Waals surface area contributed by atoms with E-state index >= 15 is 0 Å². The number of amides is 1. The lowest BCUT2D eigenvalue weighted by atomic mass is 10.0. The Morgan fingerprint density at radius 1 is 1.46 bits per heavy atom. The molecule has 6 nitrogen and oxygen atoms in total. The third-order valence-electron chi connectivity index (χ3n) is 4.14. The summed E-state index contributed by atoms with van der Waals surface area (Å²) in [7, 11) is 1.76. The third kappa shape index (κ3) is 8.39. The number of guanidine groups is 1. The molecule has 1 aliphatic rings. The van der Waals surface area contributed by atoms with Crippen LogP contribution in [0.2, 0.25) is 0 Å². The average molecular weight is 454 g/mol. The smallest absolute Gasteiger partial charge is 0.410 e. The van der Waals surface area contributed by atoms with E-state index in [0.29, 0.717) is 18.4 Å². The van der Waals surface area contributed by atoms with Crippen molar-refractivity contribution < 1.29 is 9.53 Å². The molecule has 0 aliphatic carbocycles. The third-order valence-corrected chi connectivity index (χ3v) is 4.14. The Hall–Kier alpha value is -0.730. The van der Waals surface area contributed by atoms with Crippen LogP contribution in [-0.4, -0.2) is 60.2 Å². The molecule has 2 unspecified atom stereocenters. The Morgan fingerprint density at radius 2 is 2.08 bits per heavy atom. The number of hydrogen-bond donors (Lipinski definition) is 1. The molecule has 2 N–H and O–H groups in total. The van der Waals surface area contributed by atoms with Gasteiger partial charge in [-0.2, -0.15) is 0 Å². The van der Waals surface area contributed by atoms with E-state index in [1.807, 2.05) is 27.7 Å². The zero-order chi connectivity index (χ0) is 17.6. The topological polar surface area (TPSA) is 71.2 Å². The highest BCUT2D eigenvalue weighted by molar-refractivity contribution is 14.0. The van der Waals surface area contributed by atoms with E-state index in [4.69, 9.17) is 10.5 Å². The fourth-order valence-electron chi connectivity index (χ4n) is 2.57. The van der Waals surface area contributed by atoms with Crippen molar-refractivity contribution in [2.45, 2.75) is 65.5 Å². The van der Waals surface area contributed by atoms with Gasteiger partial charge in [0.05, 0.1) is 0 Å². The molecule has 0 aromatic heterocycles. The molecule has 24 heavy (non-hydrogen) atoms. The van der Waals surface area contributed by atoms with Gasteiger partial charge < -0.3 is 20.3 Å². The van der Waals surface area contributed by atoms with Gasteiger partial charge in [-0.25, -0.2) is 4.79 Å². The van der Waals surface area contributed by atoms with Crippen LogP contribution in [0.4, 0.5) is 4.79 Å². The first-order valence-electron chi connectivity index (χ1n) is 8.61. The van der Waals surface area contributed by atoms with Crippen molar-refractivity contribution in [3.05, 3.63) is 0 Å². The van der Waals surface area contributed by atoms with Crippen LogP contribution < -0.4 is 5.73 Å². The van der Waals surface area contributed by atoms with Crippen LogP contribution in [0, 0.1) is 5.92 Å². The van der Waals surface area contributed by atoms with Gasteiger partial charge in [-0.1, -0.05) is 6.92 Å². The number of nitrogens with zero attached hydrogens (tertiary/aromatic N) is 3. The fraction of sp³-hybridized carbons (Fsp3) is 0.882. The van der Waals surface area contributed by atoms with Crippen molar-refractivity contribution in [3.8, 4) is 0 Å². The number of rotatable bonds is 4. The summed E-state index contributed by atoms with van der Waals surface area (Å²) >= 11 is 0. The molecular weight excluding hydrogens is 419 g/mol. The molecule has 1 saturated heterocycles. The standard InChI is InChI=1S/C17H34N4O2.HI/c1-13-8-7-11-21(12-13)15(18)19-10-9-14(2)20(6)16(22)23-17(3,4)5;/h13-14H,7-12H2,1-6H3,(H2,18,19);1H. The quantitative estimate of drug-likeness (QED) is 0.402. The number of ether oxygens (including phenoxy) is 1. The largest absolute Gasteiger partial charge is 0.444 e. The van der Waals surface area contributed by atoms with Crippen LogP contribution in [0.15, 0.2) is 4.99 Å². The number of hydrogen-bond acceptors (Lipinski definition) is 3. The molecule has 0 aromatic carbocycles. The number of carbonyl (C=O) groups excluding carboxylic acids is 1. The summed E-state index contributed by atoms with van der Waals surface area (Å²) < 4.78 is 5.37. The van der Waals surface area contributed by atoms with Crippen LogP contribution in [0.5, 0.6) is 0 Å². The second-order valence-electron chi connectivity index (χ2n) is 7.66. The van der Waals surface area contributed by atoms with Gasteiger partial charge in [0.25, 0.3) is 0 Å². The van der Waals surface area contributed by atoms with Crippen molar-refractivity contribution in [1.82, 2.24) is 9.80 Å². The van der Waals surface area contributed by atoms with Crippen LogP contribution in [0.1, 0.15) is 53.9 Å². The van der Waals surface area contributed by atoms with Crippen LogP contribution in [0.25, 0.3) is 0 Å². The summed E-state index contributed by atoms with van der Waals surface area (Å²) in [5, 5.41) is 0. The first-order valence-corrected chi connectivity index (χ1v) is 8.61. The van der Waals surface area contributed by atoms with Crippen molar-refractivity contribution in [1.29, 1.82) is 0 Å². The Labute approximate surface area is 164 Å². The van der Waals surface area contributed by atoms with E-state index in [9.17, 15) is 4.79 Å². The van der Waals surface area contributed by atoms with Gasteiger partial charge >= 0.3 is 6.09 Å². The molecule has 0 aromatic rings. The van der Waals surface area contributed by atoms with E-state index in [1.165, 1.54) is 12.8 Å².